The van der Waals surface area contributed by atoms with Gasteiger partial charge in [-0.15, -0.1) is 0 Å². The number of ether oxygens (including phenoxy) is 4. The Hall–Kier alpha value is -3.87. The number of carbonyl (C=O) groups is 2. The van der Waals surface area contributed by atoms with Crippen molar-refractivity contribution in [1.82, 2.24) is 10.2 Å². The summed E-state index contributed by atoms with van der Waals surface area (Å²) in [7, 11) is 1.14. The lowest BCUT2D eigenvalue weighted by molar-refractivity contribution is -0.139. The number of carbonyl (C=O) groups excluding carboxylic acids is 2. The number of benzene rings is 3. The van der Waals surface area contributed by atoms with Crippen LogP contribution < -0.4 is 28.6 Å². The molecule has 0 aliphatic carbocycles. The van der Waals surface area contributed by atoms with Gasteiger partial charge in [0.05, 0.1) is 49.1 Å². The van der Waals surface area contributed by atoms with E-state index < -0.39 is 34.4 Å². The van der Waals surface area contributed by atoms with Crippen LogP contribution in [0.15, 0.2) is 59.5 Å². The Morgan fingerprint density at radius 2 is 1.44 bits per heavy atom. The first-order chi connectivity index (χ1) is 21.3. The summed E-state index contributed by atoms with van der Waals surface area (Å²) in [6.45, 7) is 4.37. The molecule has 14 heteroatoms. The number of nitrogens with one attached hydrogen (secondary N) is 1. The number of rotatable bonds is 14. The predicted molar refractivity (Wildman–Crippen MR) is 173 cm³/mol. The summed E-state index contributed by atoms with van der Waals surface area (Å²) in [5, 5.41) is 3.39. The molecule has 0 bridgehead atoms. The minimum Gasteiger partial charge on any atom is -0.497 e. The fourth-order valence-corrected chi connectivity index (χ4v) is 6.18. The van der Waals surface area contributed by atoms with Crippen molar-refractivity contribution in [2.45, 2.75) is 44.3 Å². The summed E-state index contributed by atoms with van der Waals surface area (Å²) in [5.74, 6) is -0.135. The van der Waals surface area contributed by atoms with Gasteiger partial charge < -0.3 is 29.2 Å². The second-order valence-corrected chi connectivity index (χ2v) is 12.9. The number of methoxy groups -OCH3 is 4. The van der Waals surface area contributed by atoms with Gasteiger partial charge in [-0.25, -0.2) is 8.42 Å². The van der Waals surface area contributed by atoms with E-state index in [1.807, 2.05) is 0 Å². The summed E-state index contributed by atoms with van der Waals surface area (Å²) in [6, 6.07) is 12.3. The second kappa shape index (κ2) is 15.4. The number of anilines is 1. The first-order valence-corrected chi connectivity index (χ1v) is 16.0. The fraction of sp³-hybridized carbons (Fsp3) is 0.355. The quantitative estimate of drug-likeness (QED) is 0.247. The number of halogens is 2. The predicted octanol–water partition coefficient (Wildman–Crippen LogP) is 5.17. The second-order valence-electron chi connectivity index (χ2n) is 10.2. The monoisotopic (exact) mass is 681 g/mol. The van der Waals surface area contributed by atoms with Crippen molar-refractivity contribution in [3.05, 3.63) is 70.2 Å². The van der Waals surface area contributed by atoms with Gasteiger partial charge in [0, 0.05) is 24.7 Å². The summed E-state index contributed by atoms with van der Waals surface area (Å²) < 4.78 is 51.1. The van der Waals surface area contributed by atoms with Gasteiger partial charge in [-0.2, -0.15) is 0 Å². The lowest BCUT2D eigenvalue weighted by atomic mass is 10.1. The van der Waals surface area contributed by atoms with E-state index in [4.69, 9.17) is 42.1 Å². The van der Waals surface area contributed by atoms with E-state index in [1.54, 1.807) is 45.0 Å². The number of hydrogen-bond donors (Lipinski definition) is 1. The molecule has 11 nitrogen and oxygen atoms in total. The molecule has 0 heterocycles. The van der Waals surface area contributed by atoms with Gasteiger partial charge in [0.2, 0.25) is 11.8 Å². The highest BCUT2D eigenvalue weighted by molar-refractivity contribution is 7.92. The fourth-order valence-electron chi connectivity index (χ4n) is 4.43. The lowest BCUT2D eigenvalue weighted by Crippen LogP contribution is -2.52. The van der Waals surface area contributed by atoms with E-state index in [2.05, 4.69) is 5.32 Å². The molecule has 3 rings (SSSR count). The van der Waals surface area contributed by atoms with Crippen molar-refractivity contribution < 1.29 is 37.0 Å². The van der Waals surface area contributed by atoms with Crippen molar-refractivity contribution in [2.24, 2.45) is 0 Å². The third kappa shape index (κ3) is 8.44. The molecule has 0 radical (unpaired) electrons. The van der Waals surface area contributed by atoms with Gasteiger partial charge in [0.1, 0.15) is 24.1 Å². The zero-order valence-corrected chi connectivity index (χ0v) is 28.4. The zero-order chi connectivity index (χ0) is 33.5. The Balaban J connectivity index is 2.18. The molecule has 0 saturated heterocycles. The molecule has 1 atom stereocenters. The van der Waals surface area contributed by atoms with Gasteiger partial charge in [0.15, 0.2) is 11.5 Å². The van der Waals surface area contributed by atoms with E-state index in [0.717, 1.165) is 4.31 Å². The molecule has 0 aliphatic rings. The van der Waals surface area contributed by atoms with Crippen molar-refractivity contribution in [2.75, 3.05) is 39.3 Å². The van der Waals surface area contributed by atoms with Crippen molar-refractivity contribution in [3.63, 3.8) is 0 Å². The van der Waals surface area contributed by atoms with Crippen LogP contribution in [-0.2, 0) is 26.2 Å². The Morgan fingerprint density at radius 1 is 0.800 bits per heavy atom. The topological polar surface area (TPSA) is 124 Å². The SMILES string of the molecule is COc1ccc(OC)c(N(CC(=O)N(Cc2ccc(Cl)c(Cl)c2)[C@H](C)C(=O)NC(C)C)S(=O)(=O)c2ccc(OC)c(OC)c2)c1. The third-order valence-electron chi connectivity index (χ3n) is 6.81. The van der Waals surface area contributed by atoms with Crippen LogP contribution in [0.5, 0.6) is 23.0 Å². The van der Waals surface area contributed by atoms with Crippen LogP contribution in [0.3, 0.4) is 0 Å². The lowest BCUT2D eigenvalue weighted by Gasteiger charge is -2.32. The molecule has 0 spiro atoms. The number of nitrogens with zero attached hydrogens (tertiary/aromatic N) is 2. The summed E-state index contributed by atoms with van der Waals surface area (Å²) in [4.78, 5) is 28.5. The molecule has 45 heavy (non-hydrogen) atoms. The van der Waals surface area contributed by atoms with Gasteiger partial charge in [-0.1, -0.05) is 29.3 Å². The maximum absolute atomic E-state index is 14.4. The normalized spacial score (nSPS) is 11.9. The number of hydrogen-bond acceptors (Lipinski definition) is 8. The van der Waals surface area contributed by atoms with E-state index in [1.165, 1.54) is 63.7 Å². The maximum Gasteiger partial charge on any atom is 0.265 e. The summed E-state index contributed by atoms with van der Waals surface area (Å²) in [5.41, 5.74) is 0.615. The molecule has 3 aromatic rings. The molecular formula is C31H37Cl2N3O8S. The Kier molecular flexibility index (Phi) is 12.2. The van der Waals surface area contributed by atoms with Gasteiger partial charge in [-0.3, -0.25) is 13.9 Å². The molecule has 2 amide bonds. The molecular weight excluding hydrogens is 645 g/mol. The van der Waals surface area contributed by atoms with E-state index in [9.17, 15) is 18.0 Å². The third-order valence-corrected chi connectivity index (χ3v) is 9.31. The van der Waals surface area contributed by atoms with Gasteiger partial charge in [0.25, 0.3) is 10.0 Å². The standard InChI is InChI=1S/C31H37Cl2N3O8S/c1-19(2)34-31(38)20(3)35(17-21-8-11-24(32)25(33)14-21)30(37)18-36(26-15-22(41-4)9-12-27(26)42-5)45(39,40)23-10-13-28(43-6)29(16-23)44-7/h8-16,19-20H,17-18H2,1-7H3,(H,34,38)/t20-/m1/s1. The van der Waals surface area contributed by atoms with Crippen molar-refractivity contribution in [1.29, 1.82) is 0 Å². The molecule has 244 valence electrons. The van der Waals surface area contributed by atoms with E-state index >= 15 is 0 Å². The highest BCUT2D eigenvalue weighted by Gasteiger charge is 2.35. The maximum atomic E-state index is 14.4. The van der Waals surface area contributed by atoms with Crippen LogP contribution in [0.2, 0.25) is 10.0 Å². The van der Waals surface area contributed by atoms with Crippen molar-refractivity contribution >= 4 is 50.7 Å². The molecule has 0 saturated carbocycles. The van der Waals surface area contributed by atoms with E-state index in [0.29, 0.717) is 22.1 Å². The van der Waals surface area contributed by atoms with Gasteiger partial charge in [-0.05, 0) is 62.7 Å². The largest absolute Gasteiger partial charge is 0.497 e. The van der Waals surface area contributed by atoms with Crippen LogP contribution >= 0.6 is 23.2 Å². The number of sulfonamides is 1. The smallest absolute Gasteiger partial charge is 0.265 e. The summed E-state index contributed by atoms with van der Waals surface area (Å²) in [6.07, 6.45) is 0. The van der Waals surface area contributed by atoms with E-state index in [-0.39, 0.29) is 39.7 Å². The van der Waals surface area contributed by atoms with Crippen LogP contribution in [-0.4, -0.2) is 72.2 Å². The minimum atomic E-state index is -4.47. The molecule has 0 fully saturated rings. The van der Waals surface area contributed by atoms with Crippen LogP contribution in [0.25, 0.3) is 0 Å². The molecule has 0 unspecified atom stereocenters. The highest BCUT2D eigenvalue weighted by Crippen LogP contribution is 2.38. The zero-order valence-electron chi connectivity index (χ0n) is 26.1. The first kappa shape index (κ1) is 35.6. The summed E-state index contributed by atoms with van der Waals surface area (Å²) >= 11 is 12.3. The average molecular weight is 683 g/mol. The van der Waals surface area contributed by atoms with Gasteiger partial charge >= 0.3 is 0 Å². The van der Waals surface area contributed by atoms with Crippen LogP contribution in [0.4, 0.5) is 5.69 Å². The van der Waals surface area contributed by atoms with Crippen molar-refractivity contribution in [3.8, 4) is 23.0 Å². The molecule has 1 N–H and O–H groups in total. The minimum absolute atomic E-state index is 0.0359. The Bertz CT molecular complexity index is 1640. The number of amides is 2. The first-order valence-electron chi connectivity index (χ1n) is 13.8. The average Bonchev–Trinajstić information content (AvgIpc) is 3.02. The van der Waals surface area contributed by atoms with Crippen LogP contribution in [0.1, 0.15) is 26.3 Å². The highest BCUT2D eigenvalue weighted by atomic mass is 35.5. The molecule has 0 aliphatic heterocycles. The Morgan fingerprint density at radius 3 is 2.02 bits per heavy atom. The van der Waals surface area contributed by atoms with Crippen LogP contribution in [0, 0.1) is 0 Å². The molecule has 0 aromatic heterocycles. The molecule has 3 aromatic carbocycles. The Labute approximate surface area is 274 Å².